The molecule has 0 amide bonds. The molecule has 98 valence electrons. The summed E-state index contributed by atoms with van der Waals surface area (Å²) < 4.78 is 30.2. The Balaban J connectivity index is 5.44. The molecule has 0 aromatic heterocycles. The smallest absolute Gasteiger partial charge is 0.349 e. The number of methoxy groups -OCH3 is 2. The van der Waals surface area contributed by atoms with Crippen LogP contribution in [0.1, 0.15) is 0 Å². The summed E-state index contributed by atoms with van der Waals surface area (Å²) in [7, 11) is 0.497. The zero-order chi connectivity index (χ0) is 13.6. The van der Waals surface area contributed by atoms with E-state index in [4.69, 9.17) is 0 Å². The van der Waals surface area contributed by atoms with Gasteiger partial charge in [-0.3, -0.25) is 9.36 Å². The first-order valence-corrected chi connectivity index (χ1v) is 6.05. The molecule has 0 rings (SSSR count). The minimum Gasteiger partial charge on any atom is -0.468 e. The Morgan fingerprint density at radius 2 is 1.53 bits per heavy atom. The van der Waals surface area contributed by atoms with Crippen LogP contribution < -0.4 is 0 Å². The van der Waals surface area contributed by atoms with Crippen molar-refractivity contribution in [1.29, 1.82) is 0 Å². The maximum absolute atomic E-state index is 12.1. The molecule has 17 heavy (non-hydrogen) atoms. The normalized spacial score (nSPS) is 12.7. The number of hydrogen-bond donors (Lipinski definition) is 0. The summed E-state index contributed by atoms with van der Waals surface area (Å²) in [5.74, 6) is -1.85. The summed E-state index contributed by atoms with van der Waals surface area (Å²) in [5.41, 5.74) is -1.90. The fourth-order valence-corrected chi connectivity index (χ4v) is 2.52. The molecule has 1 atom stereocenters. The van der Waals surface area contributed by atoms with Crippen LogP contribution in [0.5, 0.6) is 0 Å². The first-order chi connectivity index (χ1) is 7.87. The first kappa shape index (κ1) is 15.8. The second-order valence-corrected chi connectivity index (χ2v) is 5.17. The Morgan fingerprint density at radius 3 is 1.82 bits per heavy atom. The van der Waals surface area contributed by atoms with Gasteiger partial charge in [0.15, 0.2) is 5.66 Å². The van der Waals surface area contributed by atoms with E-state index in [1.54, 1.807) is 0 Å². The van der Waals surface area contributed by atoms with Crippen molar-refractivity contribution in [3.8, 4) is 0 Å². The zero-order valence-corrected chi connectivity index (χ0v) is 11.0. The second kappa shape index (κ2) is 6.54. The predicted molar refractivity (Wildman–Crippen MR) is 58.6 cm³/mol. The van der Waals surface area contributed by atoms with Crippen molar-refractivity contribution in [3.05, 3.63) is 12.2 Å². The van der Waals surface area contributed by atoms with Gasteiger partial charge < -0.3 is 18.5 Å². The molecule has 0 aromatic carbocycles. The standard InChI is InChI=1S/C9H15O7P/c1-6(8(10)13-2)7(9(11)14-3)17(12,15-4)16-5/h7H,1H2,2-5H3. The number of carbonyl (C=O) groups excluding carboxylic acids is 2. The summed E-state index contributed by atoms with van der Waals surface area (Å²) >= 11 is 0. The summed E-state index contributed by atoms with van der Waals surface area (Å²) in [6, 6.07) is 0. The van der Waals surface area contributed by atoms with Gasteiger partial charge in [-0.1, -0.05) is 6.58 Å². The molecule has 8 heteroatoms. The summed E-state index contributed by atoms with van der Waals surface area (Å²) in [6.07, 6.45) is 0. The van der Waals surface area contributed by atoms with Gasteiger partial charge in [0.2, 0.25) is 0 Å². The highest BCUT2D eigenvalue weighted by molar-refractivity contribution is 7.56. The third-order valence-corrected chi connectivity index (χ3v) is 4.20. The number of rotatable bonds is 6. The molecular weight excluding hydrogens is 251 g/mol. The maximum atomic E-state index is 12.1. The molecule has 0 aliphatic carbocycles. The van der Waals surface area contributed by atoms with Crippen molar-refractivity contribution in [3.63, 3.8) is 0 Å². The van der Waals surface area contributed by atoms with Crippen LogP contribution in [0, 0.1) is 0 Å². The average Bonchev–Trinajstić information content (AvgIpc) is 2.36. The molecule has 0 aromatic rings. The Labute approximate surface area is 99.2 Å². The van der Waals surface area contributed by atoms with Crippen LogP contribution in [0.15, 0.2) is 12.2 Å². The lowest BCUT2D eigenvalue weighted by Gasteiger charge is -2.22. The molecule has 0 fully saturated rings. The second-order valence-electron chi connectivity index (χ2n) is 2.85. The number of ether oxygens (including phenoxy) is 2. The lowest BCUT2D eigenvalue weighted by atomic mass is 10.2. The van der Waals surface area contributed by atoms with Crippen molar-refractivity contribution in [2.45, 2.75) is 5.66 Å². The molecule has 0 saturated heterocycles. The van der Waals surface area contributed by atoms with Crippen molar-refractivity contribution < 1.29 is 32.7 Å². The van der Waals surface area contributed by atoms with Gasteiger partial charge in [-0.2, -0.15) is 0 Å². The van der Waals surface area contributed by atoms with Crippen LogP contribution in [-0.2, 0) is 32.7 Å². The van der Waals surface area contributed by atoms with Crippen LogP contribution in [0.2, 0.25) is 0 Å². The molecule has 0 spiro atoms. The zero-order valence-electron chi connectivity index (χ0n) is 10.1. The van der Waals surface area contributed by atoms with E-state index in [0.29, 0.717) is 0 Å². The largest absolute Gasteiger partial charge is 0.468 e. The summed E-state index contributed by atoms with van der Waals surface area (Å²) in [4.78, 5) is 22.8. The van der Waals surface area contributed by atoms with E-state index in [0.717, 1.165) is 28.4 Å². The highest BCUT2D eigenvalue weighted by atomic mass is 31.2. The first-order valence-electron chi connectivity index (χ1n) is 4.44. The van der Waals surface area contributed by atoms with Crippen molar-refractivity contribution in [2.75, 3.05) is 28.4 Å². The molecular formula is C9H15O7P. The molecule has 0 saturated carbocycles. The summed E-state index contributed by atoms with van der Waals surface area (Å²) in [5, 5.41) is 0. The fourth-order valence-electron chi connectivity index (χ4n) is 1.10. The van der Waals surface area contributed by atoms with E-state index in [9.17, 15) is 14.2 Å². The topological polar surface area (TPSA) is 88.1 Å². The minimum atomic E-state index is -3.86. The monoisotopic (exact) mass is 266 g/mol. The number of hydrogen-bond acceptors (Lipinski definition) is 7. The lowest BCUT2D eigenvalue weighted by molar-refractivity contribution is -0.143. The van der Waals surface area contributed by atoms with Gasteiger partial charge in [-0.25, -0.2) is 4.79 Å². The van der Waals surface area contributed by atoms with Gasteiger partial charge in [0.25, 0.3) is 0 Å². The van der Waals surface area contributed by atoms with E-state index in [-0.39, 0.29) is 5.57 Å². The molecule has 0 aliphatic rings. The maximum Gasteiger partial charge on any atom is 0.349 e. The lowest BCUT2D eigenvalue weighted by Crippen LogP contribution is -2.29. The molecule has 0 bridgehead atoms. The molecule has 0 N–H and O–H groups in total. The number of carbonyl (C=O) groups is 2. The Kier molecular flexibility index (Phi) is 6.09. The molecule has 0 heterocycles. The minimum absolute atomic E-state index is 0.355. The Bertz CT molecular complexity index is 354. The van der Waals surface area contributed by atoms with Crippen LogP contribution in [0.4, 0.5) is 0 Å². The third-order valence-electron chi connectivity index (χ3n) is 2.03. The Morgan fingerprint density at radius 1 is 1.06 bits per heavy atom. The molecule has 1 unspecified atom stereocenters. The summed E-state index contributed by atoms with van der Waals surface area (Å²) in [6.45, 7) is 3.35. The van der Waals surface area contributed by atoms with Gasteiger partial charge >= 0.3 is 19.5 Å². The van der Waals surface area contributed by atoms with Gasteiger partial charge in [-0.05, 0) is 0 Å². The Hall–Kier alpha value is -1.17. The third kappa shape index (κ3) is 3.39. The van der Waals surface area contributed by atoms with Crippen molar-refractivity contribution in [1.82, 2.24) is 0 Å². The van der Waals surface area contributed by atoms with Crippen molar-refractivity contribution >= 4 is 19.5 Å². The van der Waals surface area contributed by atoms with Crippen LogP contribution >= 0.6 is 7.60 Å². The number of esters is 2. The fraction of sp³-hybridized carbons (Fsp3) is 0.556. The highest BCUT2D eigenvalue weighted by Gasteiger charge is 2.45. The van der Waals surface area contributed by atoms with Gasteiger partial charge in [0.1, 0.15) is 0 Å². The average molecular weight is 266 g/mol. The predicted octanol–water partition coefficient (Wildman–Crippen LogP) is 0.743. The van der Waals surface area contributed by atoms with Crippen LogP contribution in [0.3, 0.4) is 0 Å². The molecule has 7 nitrogen and oxygen atoms in total. The van der Waals surface area contributed by atoms with Gasteiger partial charge in [-0.15, -0.1) is 0 Å². The van der Waals surface area contributed by atoms with Crippen LogP contribution in [0.25, 0.3) is 0 Å². The molecule has 0 radical (unpaired) electrons. The van der Waals surface area contributed by atoms with Crippen molar-refractivity contribution in [2.24, 2.45) is 0 Å². The molecule has 0 aliphatic heterocycles. The van der Waals surface area contributed by atoms with Gasteiger partial charge in [0.05, 0.1) is 19.8 Å². The highest BCUT2D eigenvalue weighted by Crippen LogP contribution is 2.54. The van der Waals surface area contributed by atoms with E-state index in [2.05, 4.69) is 25.1 Å². The SMILES string of the molecule is C=C(C(=O)OC)C(C(=O)OC)P(=O)(OC)OC. The quantitative estimate of drug-likeness (QED) is 0.398. The van der Waals surface area contributed by atoms with E-state index in [1.165, 1.54) is 0 Å². The van der Waals surface area contributed by atoms with E-state index >= 15 is 0 Å². The van der Waals surface area contributed by atoms with E-state index < -0.39 is 25.2 Å². The van der Waals surface area contributed by atoms with E-state index in [1.807, 2.05) is 0 Å². The van der Waals surface area contributed by atoms with Gasteiger partial charge in [0, 0.05) is 14.2 Å². The van der Waals surface area contributed by atoms with Crippen LogP contribution in [-0.4, -0.2) is 46.0 Å².